The predicted octanol–water partition coefficient (Wildman–Crippen LogP) is 0.0224. The number of hydrogen-bond donors (Lipinski definition) is 1. The number of hydrogen-bond acceptors (Lipinski definition) is 5. The van der Waals surface area contributed by atoms with E-state index in [2.05, 4.69) is 10.4 Å². The Labute approximate surface area is 90.7 Å². The van der Waals surface area contributed by atoms with Gasteiger partial charge in [0.05, 0.1) is 25.7 Å². The Hall–Kier alpha value is -0.650. The van der Waals surface area contributed by atoms with Gasteiger partial charge in [-0.05, 0) is 6.92 Å². The van der Waals surface area contributed by atoms with Crippen molar-refractivity contribution in [2.24, 2.45) is 5.92 Å². The smallest absolute Gasteiger partial charge is 0.309 e. The molecule has 0 aromatic heterocycles. The standard InChI is InChI=1S/C10H20N2O3/c1-3-15-10(13)9(2)8-11-12-4-6-14-7-5-12/h9,11H,3-8H2,1-2H3. The van der Waals surface area contributed by atoms with Gasteiger partial charge in [0.15, 0.2) is 0 Å². The van der Waals surface area contributed by atoms with E-state index < -0.39 is 0 Å². The van der Waals surface area contributed by atoms with Gasteiger partial charge in [-0.1, -0.05) is 6.92 Å². The van der Waals surface area contributed by atoms with Crippen LogP contribution in [0, 0.1) is 5.92 Å². The Morgan fingerprint density at radius 3 is 2.80 bits per heavy atom. The summed E-state index contributed by atoms with van der Waals surface area (Å²) in [7, 11) is 0. The molecule has 0 saturated carbocycles. The maximum atomic E-state index is 11.3. The molecule has 1 unspecified atom stereocenters. The Balaban J connectivity index is 2.14. The van der Waals surface area contributed by atoms with Crippen molar-refractivity contribution < 1.29 is 14.3 Å². The van der Waals surface area contributed by atoms with Gasteiger partial charge in [-0.25, -0.2) is 5.01 Å². The van der Waals surface area contributed by atoms with Crippen LogP contribution in [0.3, 0.4) is 0 Å². The first kappa shape index (κ1) is 12.4. The van der Waals surface area contributed by atoms with Crippen LogP contribution in [-0.2, 0) is 14.3 Å². The Kier molecular flexibility index (Phi) is 5.60. The van der Waals surface area contributed by atoms with Crippen molar-refractivity contribution in [3.05, 3.63) is 0 Å². The zero-order valence-corrected chi connectivity index (χ0v) is 9.49. The highest BCUT2D eigenvalue weighted by Crippen LogP contribution is 1.99. The molecule has 1 heterocycles. The molecule has 15 heavy (non-hydrogen) atoms. The number of morpholine rings is 1. The highest BCUT2D eigenvalue weighted by Gasteiger charge is 2.16. The Bertz CT molecular complexity index is 193. The van der Waals surface area contributed by atoms with E-state index in [1.807, 2.05) is 13.8 Å². The molecule has 0 radical (unpaired) electrons. The highest BCUT2D eigenvalue weighted by atomic mass is 16.5. The molecule has 1 fully saturated rings. The molecule has 0 aromatic rings. The van der Waals surface area contributed by atoms with E-state index in [0.717, 1.165) is 26.3 Å². The molecule has 0 amide bonds. The van der Waals surface area contributed by atoms with Gasteiger partial charge in [-0.2, -0.15) is 0 Å². The average molecular weight is 216 g/mol. The first-order chi connectivity index (χ1) is 7.24. The van der Waals surface area contributed by atoms with Crippen LogP contribution in [0.25, 0.3) is 0 Å². The highest BCUT2D eigenvalue weighted by molar-refractivity contribution is 5.72. The van der Waals surface area contributed by atoms with E-state index in [-0.39, 0.29) is 11.9 Å². The van der Waals surface area contributed by atoms with Gasteiger partial charge in [-0.15, -0.1) is 0 Å². The minimum atomic E-state index is -0.141. The Morgan fingerprint density at radius 2 is 2.20 bits per heavy atom. The van der Waals surface area contributed by atoms with E-state index in [9.17, 15) is 4.79 Å². The molecule has 0 aromatic carbocycles. The molecule has 5 nitrogen and oxygen atoms in total. The number of nitrogens with one attached hydrogen (secondary N) is 1. The largest absolute Gasteiger partial charge is 0.466 e. The topological polar surface area (TPSA) is 50.8 Å². The Morgan fingerprint density at radius 1 is 1.53 bits per heavy atom. The first-order valence-corrected chi connectivity index (χ1v) is 5.47. The van der Waals surface area contributed by atoms with Gasteiger partial charge in [0, 0.05) is 19.6 Å². The van der Waals surface area contributed by atoms with Crippen molar-refractivity contribution >= 4 is 5.97 Å². The summed E-state index contributed by atoms with van der Waals surface area (Å²) in [5, 5.41) is 2.08. The lowest BCUT2D eigenvalue weighted by Crippen LogP contribution is -2.47. The second-order valence-electron chi connectivity index (χ2n) is 3.61. The van der Waals surface area contributed by atoms with Crippen LogP contribution < -0.4 is 5.43 Å². The van der Waals surface area contributed by atoms with Crippen molar-refractivity contribution in [1.82, 2.24) is 10.4 Å². The van der Waals surface area contributed by atoms with Crippen molar-refractivity contribution in [3.8, 4) is 0 Å². The summed E-state index contributed by atoms with van der Waals surface area (Å²) in [5.74, 6) is -0.244. The maximum absolute atomic E-state index is 11.3. The molecule has 1 N–H and O–H groups in total. The second-order valence-corrected chi connectivity index (χ2v) is 3.61. The summed E-state index contributed by atoms with van der Waals surface area (Å²) in [6, 6.07) is 0. The quantitative estimate of drug-likeness (QED) is 0.657. The van der Waals surface area contributed by atoms with Gasteiger partial charge in [0.2, 0.25) is 0 Å². The zero-order chi connectivity index (χ0) is 11.1. The SMILES string of the molecule is CCOC(=O)C(C)CNN1CCOCC1. The molecular weight excluding hydrogens is 196 g/mol. The normalized spacial score (nSPS) is 19.9. The molecule has 88 valence electrons. The van der Waals surface area contributed by atoms with Gasteiger partial charge >= 0.3 is 5.97 Å². The molecule has 1 rings (SSSR count). The van der Waals surface area contributed by atoms with Gasteiger partial charge in [0.1, 0.15) is 0 Å². The molecule has 0 aliphatic carbocycles. The minimum absolute atomic E-state index is 0.104. The van der Waals surface area contributed by atoms with E-state index in [4.69, 9.17) is 9.47 Å². The number of esters is 1. The number of nitrogens with zero attached hydrogens (tertiary/aromatic N) is 1. The van der Waals surface area contributed by atoms with Crippen LogP contribution in [0.4, 0.5) is 0 Å². The third kappa shape index (κ3) is 4.59. The summed E-state index contributed by atoms with van der Waals surface area (Å²) < 4.78 is 10.1. The number of ether oxygens (including phenoxy) is 2. The molecule has 1 atom stereocenters. The lowest BCUT2D eigenvalue weighted by Gasteiger charge is -2.28. The van der Waals surface area contributed by atoms with E-state index in [1.54, 1.807) is 0 Å². The lowest BCUT2D eigenvalue weighted by molar-refractivity contribution is -0.147. The predicted molar refractivity (Wildman–Crippen MR) is 56.2 cm³/mol. The number of hydrazine groups is 1. The number of carbonyl (C=O) groups is 1. The van der Waals surface area contributed by atoms with Gasteiger partial charge in [0.25, 0.3) is 0 Å². The fourth-order valence-electron chi connectivity index (χ4n) is 1.36. The van der Waals surface area contributed by atoms with Crippen LogP contribution in [0.15, 0.2) is 0 Å². The molecular formula is C10H20N2O3. The van der Waals surface area contributed by atoms with Crippen LogP contribution in [0.2, 0.25) is 0 Å². The van der Waals surface area contributed by atoms with Crippen LogP contribution in [0.1, 0.15) is 13.8 Å². The van der Waals surface area contributed by atoms with E-state index in [1.165, 1.54) is 0 Å². The monoisotopic (exact) mass is 216 g/mol. The van der Waals surface area contributed by atoms with Crippen LogP contribution in [0.5, 0.6) is 0 Å². The fourth-order valence-corrected chi connectivity index (χ4v) is 1.36. The van der Waals surface area contributed by atoms with Crippen molar-refractivity contribution in [1.29, 1.82) is 0 Å². The molecule has 5 heteroatoms. The maximum Gasteiger partial charge on any atom is 0.309 e. The van der Waals surface area contributed by atoms with Gasteiger partial charge in [-0.3, -0.25) is 10.2 Å². The second kappa shape index (κ2) is 6.76. The van der Waals surface area contributed by atoms with Crippen molar-refractivity contribution in [2.45, 2.75) is 13.8 Å². The first-order valence-electron chi connectivity index (χ1n) is 5.47. The molecule has 1 aliphatic rings. The fraction of sp³-hybridized carbons (Fsp3) is 0.900. The van der Waals surface area contributed by atoms with Gasteiger partial charge < -0.3 is 9.47 Å². The van der Waals surface area contributed by atoms with Crippen LogP contribution in [-0.4, -0.2) is 50.4 Å². The van der Waals surface area contributed by atoms with Crippen LogP contribution >= 0.6 is 0 Å². The molecule has 0 bridgehead atoms. The van der Waals surface area contributed by atoms with E-state index >= 15 is 0 Å². The lowest BCUT2D eigenvalue weighted by atomic mass is 10.2. The zero-order valence-electron chi connectivity index (χ0n) is 9.49. The summed E-state index contributed by atoms with van der Waals surface area (Å²) >= 11 is 0. The van der Waals surface area contributed by atoms with E-state index in [0.29, 0.717) is 13.2 Å². The molecule has 0 spiro atoms. The minimum Gasteiger partial charge on any atom is -0.466 e. The average Bonchev–Trinajstić information content (AvgIpc) is 2.27. The third-order valence-corrected chi connectivity index (χ3v) is 2.32. The summed E-state index contributed by atoms with van der Waals surface area (Å²) in [6.07, 6.45) is 0. The number of carbonyl (C=O) groups excluding carboxylic acids is 1. The third-order valence-electron chi connectivity index (χ3n) is 2.32. The summed E-state index contributed by atoms with van der Waals surface area (Å²) in [6.45, 7) is 8.00. The summed E-state index contributed by atoms with van der Waals surface area (Å²) in [4.78, 5) is 11.3. The van der Waals surface area contributed by atoms with Crippen molar-refractivity contribution in [2.75, 3.05) is 39.5 Å². The molecule has 1 saturated heterocycles. The number of rotatable bonds is 5. The summed E-state index contributed by atoms with van der Waals surface area (Å²) in [5.41, 5.74) is 3.21. The molecule has 1 aliphatic heterocycles. The van der Waals surface area contributed by atoms with Crippen molar-refractivity contribution in [3.63, 3.8) is 0 Å².